The van der Waals surface area contributed by atoms with Crippen LogP contribution in [0.3, 0.4) is 0 Å². The van der Waals surface area contributed by atoms with Crippen LogP contribution >= 0.6 is 11.6 Å². The molecule has 0 radical (unpaired) electrons. The Bertz CT molecular complexity index is 643. The van der Waals surface area contributed by atoms with Crippen molar-refractivity contribution in [2.24, 2.45) is 0 Å². The number of rotatable bonds is 3. The van der Waals surface area contributed by atoms with E-state index in [2.05, 4.69) is 0 Å². The van der Waals surface area contributed by atoms with Crippen molar-refractivity contribution < 1.29 is 19.7 Å². The lowest BCUT2D eigenvalue weighted by molar-refractivity contribution is 0.0693. The molecule has 0 aliphatic carbocycles. The number of nitrogens with two attached hydrogens (primary N) is 1. The van der Waals surface area contributed by atoms with Gasteiger partial charge in [0, 0.05) is 5.69 Å². The van der Waals surface area contributed by atoms with Crippen molar-refractivity contribution in [2.45, 2.75) is 0 Å². The molecule has 98 valence electrons. The largest absolute Gasteiger partial charge is 0.507 e. The van der Waals surface area contributed by atoms with Gasteiger partial charge in [0.15, 0.2) is 0 Å². The van der Waals surface area contributed by atoms with Gasteiger partial charge in [-0.2, -0.15) is 0 Å². The predicted molar refractivity (Wildman–Crippen MR) is 71.0 cm³/mol. The van der Waals surface area contributed by atoms with Gasteiger partial charge in [-0.25, -0.2) is 4.79 Å². The van der Waals surface area contributed by atoms with Crippen LogP contribution in [-0.4, -0.2) is 16.2 Å². The number of aromatic hydroxyl groups is 1. The Hall–Kier alpha value is -2.40. The van der Waals surface area contributed by atoms with Crippen LogP contribution in [0.5, 0.6) is 17.2 Å². The molecule has 0 amide bonds. The fourth-order valence-corrected chi connectivity index (χ4v) is 1.70. The van der Waals surface area contributed by atoms with E-state index < -0.39 is 5.97 Å². The van der Waals surface area contributed by atoms with Gasteiger partial charge in [-0.15, -0.1) is 0 Å². The fraction of sp³-hybridized carbons (Fsp3) is 0. The van der Waals surface area contributed by atoms with Gasteiger partial charge in [-0.1, -0.05) is 11.6 Å². The second kappa shape index (κ2) is 5.07. The van der Waals surface area contributed by atoms with E-state index in [0.717, 1.165) is 0 Å². The van der Waals surface area contributed by atoms with Crippen molar-refractivity contribution in [3.8, 4) is 17.2 Å². The number of anilines is 1. The number of aromatic carboxylic acids is 1. The maximum atomic E-state index is 10.9. The Morgan fingerprint density at radius 3 is 2.58 bits per heavy atom. The highest BCUT2D eigenvalue weighted by Crippen LogP contribution is 2.32. The average molecular weight is 280 g/mol. The zero-order valence-electron chi connectivity index (χ0n) is 9.63. The van der Waals surface area contributed by atoms with E-state index in [4.69, 9.17) is 27.2 Å². The number of hydrogen-bond acceptors (Lipinski definition) is 4. The molecule has 0 aliphatic rings. The lowest BCUT2D eigenvalue weighted by atomic mass is 10.2. The lowest BCUT2D eigenvalue weighted by Gasteiger charge is -2.09. The van der Waals surface area contributed by atoms with Crippen LogP contribution in [0.25, 0.3) is 0 Å². The van der Waals surface area contributed by atoms with E-state index in [1.807, 2.05) is 0 Å². The van der Waals surface area contributed by atoms with Crippen LogP contribution in [0, 0.1) is 0 Å². The van der Waals surface area contributed by atoms with E-state index in [-0.39, 0.29) is 17.1 Å². The van der Waals surface area contributed by atoms with E-state index in [0.29, 0.717) is 16.5 Å². The van der Waals surface area contributed by atoms with Crippen LogP contribution in [0.2, 0.25) is 5.02 Å². The Morgan fingerprint density at radius 2 is 1.95 bits per heavy atom. The molecule has 0 saturated carbocycles. The third-order valence-corrected chi connectivity index (χ3v) is 2.68. The third-order valence-electron chi connectivity index (χ3n) is 2.38. The first-order chi connectivity index (χ1) is 8.97. The number of carbonyl (C=O) groups is 1. The van der Waals surface area contributed by atoms with Crippen LogP contribution in [-0.2, 0) is 0 Å². The molecule has 0 aliphatic heterocycles. The smallest absolute Gasteiger partial charge is 0.339 e. The highest BCUT2D eigenvalue weighted by Gasteiger charge is 2.12. The molecule has 0 fully saturated rings. The molecule has 0 spiro atoms. The van der Waals surface area contributed by atoms with Crippen molar-refractivity contribution >= 4 is 23.3 Å². The zero-order chi connectivity index (χ0) is 14.0. The fourth-order valence-electron chi connectivity index (χ4n) is 1.48. The number of carboxylic acid groups (broad SMARTS) is 1. The summed E-state index contributed by atoms with van der Waals surface area (Å²) >= 11 is 5.94. The van der Waals surface area contributed by atoms with Gasteiger partial charge in [0.1, 0.15) is 22.8 Å². The zero-order valence-corrected chi connectivity index (χ0v) is 10.4. The van der Waals surface area contributed by atoms with Gasteiger partial charge in [0.2, 0.25) is 0 Å². The molecular weight excluding hydrogens is 270 g/mol. The molecule has 0 atom stereocenters. The van der Waals surface area contributed by atoms with Gasteiger partial charge in [-0.05, 0) is 36.4 Å². The molecule has 4 N–H and O–H groups in total. The van der Waals surface area contributed by atoms with Gasteiger partial charge in [-0.3, -0.25) is 0 Å². The molecule has 0 heterocycles. The number of ether oxygens (including phenoxy) is 1. The topological polar surface area (TPSA) is 92.8 Å². The summed E-state index contributed by atoms with van der Waals surface area (Å²) in [6, 6.07) is 8.60. The van der Waals surface area contributed by atoms with Gasteiger partial charge in [0.05, 0.1) is 5.02 Å². The number of hydrogen-bond donors (Lipinski definition) is 3. The number of carboxylic acids is 1. The van der Waals surface area contributed by atoms with Crippen LogP contribution in [0.4, 0.5) is 5.69 Å². The first-order valence-corrected chi connectivity index (χ1v) is 5.64. The molecule has 6 heteroatoms. The lowest BCUT2D eigenvalue weighted by Crippen LogP contribution is -1.97. The summed E-state index contributed by atoms with van der Waals surface area (Å²) in [5.41, 5.74) is 5.80. The summed E-state index contributed by atoms with van der Waals surface area (Å²) in [6.45, 7) is 0. The molecule has 19 heavy (non-hydrogen) atoms. The minimum atomic E-state index is -1.24. The SMILES string of the molecule is Nc1ccc(Oc2ccc(O)c(C(=O)O)c2)c(Cl)c1. The second-order valence-electron chi connectivity index (χ2n) is 3.78. The Balaban J connectivity index is 2.33. The highest BCUT2D eigenvalue weighted by molar-refractivity contribution is 6.32. The first kappa shape index (κ1) is 13.0. The van der Waals surface area contributed by atoms with Gasteiger partial charge >= 0.3 is 5.97 Å². The molecule has 0 saturated heterocycles. The summed E-state index contributed by atoms with van der Waals surface area (Å²) in [7, 11) is 0. The van der Waals surface area contributed by atoms with E-state index in [1.54, 1.807) is 12.1 Å². The van der Waals surface area contributed by atoms with E-state index >= 15 is 0 Å². The van der Waals surface area contributed by atoms with E-state index in [9.17, 15) is 9.90 Å². The number of benzene rings is 2. The van der Waals surface area contributed by atoms with Crippen molar-refractivity contribution in [3.05, 3.63) is 47.0 Å². The Morgan fingerprint density at radius 1 is 1.21 bits per heavy atom. The van der Waals surface area contributed by atoms with Crippen molar-refractivity contribution in [1.82, 2.24) is 0 Å². The molecule has 0 bridgehead atoms. The predicted octanol–water partition coefficient (Wildman–Crippen LogP) is 3.12. The minimum absolute atomic E-state index is 0.246. The average Bonchev–Trinajstić information content (AvgIpc) is 2.34. The summed E-state index contributed by atoms with van der Waals surface area (Å²) in [5.74, 6) is -0.977. The Kier molecular flexibility index (Phi) is 3.48. The third kappa shape index (κ3) is 2.89. The summed E-state index contributed by atoms with van der Waals surface area (Å²) in [6.07, 6.45) is 0. The molecule has 5 nitrogen and oxygen atoms in total. The summed E-state index contributed by atoms with van der Waals surface area (Å²) < 4.78 is 5.45. The number of halogens is 1. The molecule has 2 rings (SSSR count). The van der Waals surface area contributed by atoms with Crippen molar-refractivity contribution in [1.29, 1.82) is 0 Å². The summed E-state index contributed by atoms with van der Waals surface area (Å²) in [4.78, 5) is 10.9. The van der Waals surface area contributed by atoms with Gasteiger partial charge in [0.25, 0.3) is 0 Å². The maximum absolute atomic E-state index is 10.9. The number of phenols is 1. The van der Waals surface area contributed by atoms with E-state index in [1.165, 1.54) is 24.3 Å². The first-order valence-electron chi connectivity index (χ1n) is 5.26. The number of nitrogen functional groups attached to an aromatic ring is 1. The van der Waals surface area contributed by atoms with Crippen LogP contribution < -0.4 is 10.5 Å². The maximum Gasteiger partial charge on any atom is 0.339 e. The van der Waals surface area contributed by atoms with Crippen LogP contribution in [0.15, 0.2) is 36.4 Å². The molecule has 2 aromatic carbocycles. The standard InChI is InChI=1S/C13H10ClNO4/c14-10-5-7(15)1-4-12(10)19-8-2-3-11(16)9(6-8)13(17)18/h1-6,16H,15H2,(H,17,18). The quantitative estimate of drug-likeness (QED) is 0.751. The normalized spacial score (nSPS) is 10.2. The monoisotopic (exact) mass is 279 g/mol. The van der Waals surface area contributed by atoms with Crippen molar-refractivity contribution in [3.63, 3.8) is 0 Å². The van der Waals surface area contributed by atoms with Crippen LogP contribution in [0.1, 0.15) is 10.4 Å². The summed E-state index contributed by atoms with van der Waals surface area (Å²) in [5, 5.41) is 18.6. The van der Waals surface area contributed by atoms with Crippen molar-refractivity contribution in [2.75, 3.05) is 5.73 Å². The second-order valence-corrected chi connectivity index (χ2v) is 4.18. The molecule has 2 aromatic rings. The van der Waals surface area contributed by atoms with Gasteiger partial charge < -0.3 is 20.7 Å². The Labute approximate surface area is 113 Å². The molecular formula is C13H10ClNO4. The highest BCUT2D eigenvalue weighted by atomic mass is 35.5. The minimum Gasteiger partial charge on any atom is -0.507 e. The molecule has 0 unspecified atom stereocenters. The molecule has 0 aromatic heterocycles.